The Morgan fingerprint density at radius 1 is 1.19 bits per heavy atom. The van der Waals surface area contributed by atoms with E-state index in [0.717, 1.165) is 25.7 Å². The minimum Gasteiger partial charge on any atom is -0.349 e. The van der Waals surface area contributed by atoms with Gasteiger partial charge in [0.2, 0.25) is 0 Å². The van der Waals surface area contributed by atoms with Crippen molar-refractivity contribution in [1.82, 2.24) is 5.32 Å². The minimum absolute atomic E-state index is 0.0356. The highest BCUT2D eigenvalue weighted by Gasteiger charge is 2.21. The Labute approximate surface area is 130 Å². The zero-order valence-corrected chi connectivity index (χ0v) is 13.8. The van der Waals surface area contributed by atoms with Gasteiger partial charge in [0.1, 0.15) is 0 Å². The maximum Gasteiger partial charge on any atom is 0.261 e. The van der Waals surface area contributed by atoms with Gasteiger partial charge in [-0.2, -0.15) is 0 Å². The molecule has 0 heterocycles. The van der Waals surface area contributed by atoms with Crippen LogP contribution in [0.2, 0.25) is 0 Å². The fourth-order valence-electron chi connectivity index (χ4n) is 2.69. The molecule has 1 aliphatic carbocycles. The molecule has 0 atom stereocenters. The van der Waals surface area contributed by atoms with Crippen LogP contribution >= 0.6 is 10.7 Å². The second kappa shape index (κ2) is 6.36. The van der Waals surface area contributed by atoms with Gasteiger partial charge in [0, 0.05) is 22.3 Å². The summed E-state index contributed by atoms with van der Waals surface area (Å²) in [6.07, 6.45) is 4.17. The largest absolute Gasteiger partial charge is 0.349 e. The smallest absolute Gasteiger partial charge is 0.261 e. The van der Waals surface area contributed by atoms with E-state index in [9.17, 15) is 13.2 Å². The Hall–Kier alpha value is -1.07. The predicted molar refractivity (Wildman–Crippen MR) is 83.1 cm³/mol. The third kappa shape index (κ3) is 4.45. The van der Waals surface area contributed by atoms with Crippen molar-refractivity contribution in [2.75, 3.05) is 0 Å². The number of benzene rings is 1. The molecule has 0 bridgehead atoms. The topological polar surface area (TPSA) is 63.2 Å². The summed E-state index contributed by atoms with van der Waals surface area (Å²) in [5.41, 5.74) is 1.03. The van der Waals surface area contributed by atoms with Crippen molar-refractivity contribution in [3.63, 3.8) is 0 Å². The van der Waals surface area contributed by atoms with Gasteiger partial charge in [-0.05, 0) is 62.3 Å². The van der Waals surface area contributed by atoms with Gasteiger partial charge < -0.3 is 5.32 Å². The summed E-state index contributed by atoms with van der Waals surface area (Å²) < 4.78 is 22.8. The summed E-state index contributed by atoms with van der Waals surface area (Å²) in [5, 5.41) is 2.98. The summed E-state index contributed by atoms with van der Waals surface area (Å²) >= 11 is 0. The molecule has 1 N–H and O–H groups in total. The van der Waals surface area contributed by atoms with Crippen molar-refractivity contribution in [1.29, 1.82) is 0 Å². The van der Waals surface area contributed by atoms with Crippen LogP contribution in [0.4, 0.5) is 0 Å². The van der Waals surface area contributed by atoms with Crippen LogP contribution < -0.4 is 5.32 Å². The van der Waals surface area contributed by atoms with E-state index >= 15 is 0 Å². The third-order valence-electron chi connectivity index (χ3n) is 3.95. The SMILES string of the molecule is Cc1cc(C(=O)NC2CCC(C)CC2)cc(S(=O)(=O)Cl)c1. The highest BCUT2D eigenvalue weighted by Crippen LogP contribution is 2.24. The summed E-state index contributed by atoms with van der Waals surface area (Å²) in [7, 11) is 1.53. The van der Waals surface area contributed by atoms with Crippen molar-refractivity contribution in [3.05, 3.63) is 29.3 Å². The first-order valence-corrected chi connectivity index (χ1v) is 9.44. The van der Waals surface area contributed by atoms with E-state index < -0.39 is 9.05 Å². The van der Waals surface area contributed by atoms with Gasteiger partial charge in [-0.25, -0.2) is 8.42 Å². The van der Waals surface area contributed by atoms with Crippen LogP contribution in [0.5, 0.6) is 0 Å². The number of halogens is 1. The highest BCUT2D eigenvalue weighted by atomic mass is 35.7. The molecule has 1 amide bonds. The lowest BCUT2D eigenvalue weighted by Crippen LogP contribution is -2.37. The van der Waals surface area contributed by atoms with Gasteiger partial charge in [0.05, 0.1) is 4.90 Å². The first kappa shape index (κ1) is 16.3. The van der Waals surface area contributed by atoms with Gasteiger partial charge >= 0.3 is 0 Å². The molecule has 1 aliphatic rings. The third-order valence-corrected chi connectivity index (χ3v) is 5.28. The summed E-state index contributed by atoms with van der Waals surface area (Å²) in [5.74, 6) is 0.477. The van der Waals surface area contributed by atoms with E-state index in [-0.39, 0.29) is 16.8 Å². The second-order valence-electron chi connectivity index (χ2n) is 5.90. The number of hydrogen-bond donors (Lipinski definition) is 1. The van der Waals surface area contributed by atoms with Gasteiger partial charge in [0.25, 0.3) is 15.0 Å². The molecule has 116 valence electrons. The molecule has 21 heavy (non-hydrogen) atoms. The Bertz CT molecular complexity index is 634. The number of rotatable bonds is 3. The molecule has 2 rings (SSSR count). The van der Waals surface area contributed by atoms with Crippen LogP contribution in [-0.2, 0) is 9.05 Å². The molecule has 0 aliphatic heterocycles. The monoisotopic (exact) mass is 329 g/mol. The molecule has 0 aromatic heterocycles. The van der Waals surface area contributed by atoms with E-state index in [1.165, 1.54) is 12.1 Å². The Morgan fingerprint density at radius 3 is 2.38 bits per heavy atom. The van der Waals surface area contributed by atoms with E-state index in [1.54, 1.807) is 13.0 Å². The molecule has 0 saturated heterocycles. The Morgan fingerprint density at radius 2 is 1.81 bits per heavy atom. The molecule has 0 unspecified atom stereocenters. The number of amides is 1. The van der Waals surface area contributed by atoms with Crippen molar-refractivity contribution in [2.24, 2.45) is 5.92 Å². The van der Waals surface area contributed by atoms with E-state index in [4.69, 9.17) is 10.7 Å². The van der Waals surface area contributed by atoms with Crippen LogP contribution in [0.1, 0.15) is 48.5 Å². The first-order chi connectivity index (χ1) is 9.75. The summed E-state index contributed by atoms with van der Waals surface area (Å²) in [4.78, 5) is 12.2. The van der Waals surface area contributed by atoms with Crippen molar-refractivity contribution >= 4 is 25.6 Å². The standard InChI is InChI=1S/C15H20ClNO3S/c1-10-3-5-13(6-4-10)17-15(18)12-7-11(2)8-14(9-12)21(16,19)20/h7-10,13H,3-6H2,1-2H3,(H,17,18). The zero-order chi connectivity index (χ0) is 15.6. The number of aryl methyl sites for hydroxylation is 1. The molecular formula is C15H20ClNO3S. The second-order valence-corrected chi connectivity index (χ2v) is 8.47. The lowest BCUT2D eigenvalue weighted by Gasteiger charge is -2.27. The fourth-order valence-corrected chi connectivity index (χ4v) is 3.55. The van der Waals surface area contributed by atoms with Crippen LogP contribution in [0, 0.1) is 12.8 Å². The minimum atomic E-state index is -3.83. The van der Waals surface area contributed by atoms with Crippen LogP contribution in [0.25, 0.3) is 0 Å². The number of carbonyl (C=O) groups is 1. The number of hydrogen-bond acceptors (Lipinski definition) is 3. The predicted octanol–water partition coefficient (Wildman–Crippen LogP) is 3.23. The number of carbonyl (C=O) groups excluding carboxylic acids is 1. The van der Waals surface area contributed by atoms with Gasteiger partial charge in [-0.15, -0.1) is 0 Å². The average molecular weight is 330 g/mol. The molecule has 0 radical (unpaired) electrons. The maximum atomic E-state index is 12.3. The zero-order valence-electron chi connectivity index (χ0n) is 12.2. The lowest BCUT2D eigenvalue weighted by atomic mass is 9.87. The summed E-state index contributed by atoms with van der Waals surface area (Å²) in [6.45, 7) is 3.96. The van der Waals surface area contributed by atoms with Gasteiger partial charge in [-0.1, -0.05) is 6.92 Å². The number of nitrogens with one attached hydrogen (secondary N) is 1. The van der Waals surface area contributed by atoms with Crippen LogP contribution in [0.3, 0.4) is 0 Å². The molecule has 0 spiro atoms. The molecule has 1 aromatic rings. The van der Waals surface area contributed by atoms with Crippen molar-refractivity contribution in [2.45, 2.75) is 50.5 Å². The van der Waals surface area contributed by atoms with Crippen LogP contribution in [0.15, 0.2) is 23.1 Å². The lowest BCUT2D eigenvalue weighted by molar-refractivity contribution is 0.0922. The Kier molecular flexibility index (Phi) is 4.94. The molecule has 6 heteroatoms. The van der Waals surface area contributed by atoms with E-state index in [1.807, 2.05) is 0 Å². The van der Waals surface area contributed by atoms with E-state index in [0.29, 0.717) is 17.0 Å². The molecule has 1 aromatic carbocycles. The first-order valence-electron chi connectivity index (χ1n) is 7.13. The molecule has 1 saturated carbocycles. The highest BCUT2D eigenvalue weighted by molar-refractivity contribution is 8.13. The Balaban J connectivity index is 2.14. The van der Waals surface area contributed by atoms with Crippen molar-refractivity contribution < 1.29 is 13.2 Å². The van der Waals surface area contributed by atoms with Gasteiger partial charge in [0.15, 0.2) is 0 Å². The molecule has 4 nitrogen and oxygen atoms in total. The van der Waals surface area contributed by atoms with Crippen LogP contribution in [-0.4, -0.2) is 20.4 Å². The normalized spacial score (nSPS) is 22.8. The average Bonchev–Trinajstić information content (AvgIpc) is 2.39. The summed E-state index contributed by atoms with van der Waals surface area (Å²) in [6, 6.07) is 4.63. The quantitative estimate of drug-likeness (QED) is 0.866. The molecular weight excluding hydrogens is 310 g/mol. The maximum absolute atomic E-state index is 12.3. The molecule has 1 fully saturated rings. The van der Waals surface area contributed by atoms with Crippen molar-refractivity contribution in [3.8, 4) is 0 Å². The fraction of sp³-hybridized carbons (Fsp3) is 0.533. The van der Waals surface area contributed by atoms with Gasteiger partial charge in [-0.3, -0.25) is 4.79 Å². The van der Waals surface area contributed by atoms with E-state index in [2.05, 4.69) is 12.2 Å².